The SMILES string of the molecule is CCCC1(CNC(C)c2c(C)cc(C)cc2C)CC1. The van der Waals surface area contributed by atoms with Crippen molar-refractivity contribution in [3.05, 3.63) is 34.4 Å². The number of aryl methyl sites for hydroxylation is 3. The lowest BCUT2D eigenvalue weighted by Crippen LogP contribution is -2.27. The molecule has 2 rings (SSSR count). The third kappa shape index (κ3) is 3.39. The van der Waals surface area contributed by atoms with Crippen molar-refractivity contribution in [3.8, 4) is 0 Å². The van der Waals surface area contributed by atoms with Crippen molar-refractivity contribution in [2.45, 2.75) is 66.3 Å². The molecule has 1 heteroatoms. The van der Waals surface area contributed by atoms with Crippen LogP contribution in [0.15, 0.2) is 12.1 Å². The first-order valence-electron chi connectivity index (χ1n) is 7.78. The minimum absolute atomic E-state index is 0.468. The van der Waals surface area contributed by atoms with E-state index in [1.807, 2.05) is 0 Å². The van der Waals surface area contributed by atoms with Crippen molar-refractivity contribution in [2.75, 3.05) is 6.54 Å². The second-order valence-corrected chi connectivity index (χ2v) is 6.66. The van der Waals surface area contributed by atoms with Crippen LogP contribution in [0.2, 0.25) is 0 Å². The van der Waals surface area contributed by atoms with Gasteiger partial charge in [-0.15, -0.1) is 0 Å². The van der Waals surface area contributed by atoms with Gasteiger partial charge in [-0.25, -0.2) is 0 Å². The fourth-order valence-corrected chi connectivity index (χ4v) is 3.57. The van der Waals surface area contributed by atoms with E-state index in [1.54, 1.807) is 0 Å². The second kappa shape index (κ2) is 5.66. The van der Waals surface area contributed by atoms with Gasteiger partial charge in [0.25, 0.3) is 0 Å². The summed E-state index contributed by atoms with van der Waals surface area (Å²) in [4.78, 5) is 0. The molecule has 0 bridgehead atoms. The van der Waals surface area contributed by atoms with Gasteiger partial charge in [-0.3, -0.25) is 0 Å². The number of nitrogens with one attached hydrogen (secondary N) is 1. The summed E-state index contributed by atoms with van der Waals surface area (Å²) in [6.45, 7) is 12.5. The molecule has 1 aliphatic rings. The lowest BCUT2D eigenvalue weighted by Gasteiger charge is -2.23. The Morgan fingerprint density at radius 1 is 1.16 bits per heavy atom. The van der Waals surface area contributed by atoms with Gasteiger partial charge in [0, 0.05) is 12.6 Å². The van der Waals surface area contributed by atoms with Crippen molar-refractivity contribution in [2.24, 2.45) is 5.41 Å². The third-order valence-electron chi connectivity index (χ3n) is 4.69. The molecular formula is C18H29N. The molecular weight excluding hydrogens is 230 g/mol. The molecule has 0 saturated heterocycles. The van der Waals surface area contributed by atoms with Gasteiger partial charge in [-0.2, -0.15) is 0 Å². The molecule has 1 aromatic rings. The number of benzene rings is 1. The first-order chi connectivity index (χ1) is 8.97. The predicted octanol–water partition coefficient (Wildman–Crippen LogP) is 4.84. The minimum atomic E-state index is 0.468. The summed E-state index contributed by atoms with van der Waals surface area (Å²) in [5.74, 6) is 0. The average Bonchev–Trinajstić information content (AvgIpc) is 3.06. The van der Waals surface area contributed by atoms with Gasteiger partial charge in [-0.1, -0.05) is 31.0 Å². The smallest absolute Gasteiger partial charge is 0.0297 e. The summed E-state index contributed by atoms with van der Waals surface area (Å²) in [6, 6.07) is 5.08. The molecule has 1 atom stereocenters. The summed E-state index contributed by atoms with van der Waals surface area (Å²) < 4.78 is 0. The molecule has 1 aromatic carbocycles. The van der Waals surface area contributed by atoms with E-state index in [0.29, 0.717) is 11.5 Å². The Bertz CT molecular complexity index is 420. The fourth-order valence-electron chi connectivity index (χ4n) is 3.57. The van der Waals surface area contributed by atoms with E-state index in [-0.39, 0.29) is 0 Å². The van der Waals surface area contributed by atoms with Gasteiger partial charge in [0.2, 0.25) is 0 Å². The Hall–Kier alpha value is -0.820. The summed E-state index contributed by atoms with van der Waals surface area (Å²) in [5.41, 5.74) is 6.36. The Kier molecular flexibility index (Phi) is 4.35. The van der Waals surface area contributed by atoms with Crippen LogP contribution in [0.5, 0.6) is 0 Å². The highest BCUT2D eigenvalue weighted by Crippen LogP contribution is 2.49. The van der Waals surface area contributed by atoms with Crippen LogP contribution in [0.1, 0.15) is 67.8 Å². The molecule has 1 aliphatic carbocycles. The van der Waals surface area contributed by atoms with Gasteiger partial charge >= 0.3 is 0 Å². The van der Waals surface area contributed by atoms with E-state index in [1.165, 1.54) is 54.5 Å². The molecule has 19 heavy (non-hydrogen) atoms. The highest BCUT2D eigenvalue weighted by Gasteiger charge is 2.41. The zero-order valence-corrected chi connectivity index (χ0v) is 13.3. The van der Waals surface area contributed by atoms with E-state index >= 15 is 0 Å². The molecule has 0 amide bonds. The molecule has 1 fully saturated rings. The fraction of sp³-hybridized carbons (Fsp3) is 0.667. The van der Waals surface area contributed by atoms with Crippen LogP contribution in [0, 0.1) is 26.2 Å². The van der Waals surface area contributed by atoms with Crippen molar-refractivity contribution in [1.82, 2.24) is 5.32 Å². The molecule has 1 nitrogen and oxygen atoms in total. The Morgan fingerprint density at radius 3 is 2.21 bits per heavy atom. The van der Waals surface area contributed by atoms with E-state index in [2.05, 4.69) is 52.1 Å². The van der Waals surface area contributed by atoms with Crippen molar-refractivity contribution < 1.29 is 0 Å². The maximum Gasteiger partial charge on any atom is 0.0297 e. The van der Waals surface area contributed by atoms with Crippen LogP contribution in [0.3, 0.4) is 0 Å². The molecule has 0 radical (unpaired) electrons. The summed E-state index contributed by atoms with van der Waals surface area (Å²) in [6.07, 6.45) is 5.55. The van der Waals surface area contributed by atoms with Crippen LogP contribution >= 0.6 is 0 Å². The summed E-state index contributed by atoms with van der Waals surface area (Å²) in [5, 5.41) is 3.79. The maximum absolute atomic E-state index is 3.79. The quantitative estimate of drug-likeness (QED) is 0.770. The van der Waals surface area contributed by atoms with E-state index in [0.717, 1.165) is 0 Å². The van der Waals surface area contributed by atoms with Crippen molar-refractivity contribution in [1.29, 1.82) is 0 Å². The van der Waals surface area contributed by atoms with E-state index < -0.39 is 0 Å². The highest BCUT2D eigenvalue weighted by molar-refractivity contribution is 5.39. The molecule has 0 spiro atoms. The second-order valence-electron chi connectivity index (χ2n) is 6.66. The zero-order chi connectivity index (χ0) is 14.0. The first kappa shape index (κ1) is 14.6. The molecule has 0 heterocycles. The minimum Gasteiger partial charge on any atom is -0.310 e. The van der Waals surface area contributed by atoms with Crippen LogP contribution in [0.25, 0.3) is 0 Å². The maximum atomic E-state index is 3.79. The molecule has 0 aromatic heterocycles. The Balaban J connectivity index is 2.02. The third-order valence-corrected chi connectivity index (χ3v) is 4.69. The van der Waals surface area contributed by atoms with E-state index in [9.17, 15) is 0 Å². The van der Waals surface area contributed by atoms with Crippen molar-refractivity contribution in [3.63, 3.8) is 0 Å². The Morgan fingerprint density at radius 2 is 1.74 bits per heavy atom. The number of hydrogen-bond donors (Lipinski definition) is 1. The van der Waals surface area contributed by atoms with Gasteiger partial charge < -0.3 is 5.32 Å². The largest absolute Gasteiger partial charge is 0.310 e. The lowest BCUT2D eigenvalue weighted by molar-refractivity contribution is 0.396. The monoisotopic (exact) mass is 259 g/mol. The van der Waals surface area contributed by atoms with Crippen LogP contribution < -0.4 is 5.32 Å². The van der Waals surface area contributed by atoms with E-state index in [4.69, 9.17) is 0 Å². The van der Waals surface area contributed by atoms with Crippen LogP contribution in [-0.4, -0.2) is 6.54 Å². The van der Waals surface area contributed by atoms with Gasteiger partial charge in [0.15, 0.2) is 0 Å². The summed E-state index contributed by atoms with van der Waals surface area (Å²) in [7, 11) is 0. The van der Waals surface area contributed by atoms with Crippen molar-refractivity contribution >= 4 is 0 Å². The molecule has 0 aliphatic heterocycles. The Labute approximate surface area is 118 Å². The molecule has 1 saturated carbocycles. The van der Waals surface area contributed by atoms with Gasteiger partial charge in [-0.05, 0) is 69.1 Å². The predicted molar refractivity (Wildman–Crippen MR) is 83.6 cm³/mol. The van der Waals surface area contributed by atoms with Gasteiger partial charge in [0.1, 0.15) is 0 Å². The lowest BCUT2D eigenvalue weighted by atomic mass is 9.94. The number of hydrogen-bond acceptors (Lipinski definition) is 1. The zero-order valence-electron chi connectivity index (χ0n) is 13.3. The highest BCUT2D eigenvalue weighted by atomic mass is 14.9. The topological polar surface area (TPSA) is 12.0 Å². The summed E-state index contributed by atoms with van der Waals surface area (Å²) >= 11 is 0. The van der Waals surface area contributed by atoms with Gasteiger partial charge in [0.05, 0.1) is 0 Å². The first-order valence-corrected chi connectivity index (χ1v) is 7.78. The average molecular weight is 259 g/mol. The molecule has 106 valence electrons. The molecule has 1 N–H and O–H groups in total. The normalized spacial score (nSPS) is 18.4. The van der Waals surface area contributed by atoms with Crippen LogP contribution in [-0.2, 0) is 0 Å². The standard InChI is InChI=1S/C18H29N/c1-6-7-18(8-9-18)12-19-16(5)17-14(3)10-13(2)11-15(17)4/h10-11,16,19H,6-9,12H2,1-5H3. The molecule has 1 unspecified atom stereocenters. The number of rotatable bonds is 6. The van der Waals surface area contributed by atoms with Crippen LogP contribution in [0.4, 0.5) is 0 Å².